The minimum atomic E-state index is -0.249. The van der Waals surface area contributed by atoms with Crippen LogP contribution in [0.1, 0.15) is 71.1 Å². The van der Waals surface area contributed by atoms with Crippen molar-refractivity contribution in [2.45, 2.75) is 71.1 Å². The quantitative estimate of drug-likeness (QED) is 0.449. The lowest BCUT2D eigenvalue weighted by Gasteiger charge is -2.20. The van der Waals surface area contributed by atoms with E-state index in [2.05, 4.69) is 6.92 Å². The molecule has 0 aromatic heterocycles. The van der Waals surface area contributed by atoms with Gasteiger partial charge in [-0.2, -0.15) is 0 Å². The first-order valence-electron chi connectivity index (χ1n) is 8.68. The molecule has 0 radical (unpaired) electrons. The van der Waals surface area contributed by atoms with Crippen LogP contribution in [-0.2, 0) is 19.1 Å². The zero-order valence-corrected chi connectivity index (χ0v) is 13.9. The Hall–Kier alpha value is -1.32. The van der Waals surface area contributed by atoms with Crippen molar-refractivity contribution in [2.24, 2.45) is 5.92 Å². The van der Waals surface area contributed by atoms with Crippen LogP contribution in [0, 0.1) is 5.92 Å². The monoisotopic (exact) mass is 310 g/mol. The fourth-order valence-corrected chi connectivity index (χ4v) is 2.58. The van der Waals surface area contributed by atoms with Gasteiger partial charge in [-0.05, 0) is 31.6 Å². The Morgan fingerprint density at radius 2 is 1.68 bits per heavy atom. The van der Waals surface area contributed by atoms with E-state index < -0.39 is 0 Å². The lowest BCUT2D eigenvalue weighted by atomic mass is 9.90. The molecule has 0 heterocycles. The molecule has 1 aliphatic rings. The summed E-state index contributed by atoms with van der Waals surface area (Å²) in [5.74, 6) is 0.0972. The van der Waals surface area contributed by atoms with Crippen LogP contribution in [0.3, 0.4) is 0 Å². The highest BCUT2D eigenvalue weighted by Gasteiger charge is 2.15. The molecule has 1 fully saturated rings. The van der Waals surface area contributed by atoms with Gasteiger partial charge in [0, 0.05) is 12.8 Å². The number of ether oxygens (including phenoxy) is 2. The van der Waals surface area contributed by atoms with Crippen molar-refractivity contribution >= 4 is 11.9 Å². The van der Waals surface area contributed by atoms with Crippen molar-refractivity contribution < 1.29 is 19.1 Å². The third-order valence-corrected chi connectivity index (χ3v) is 3.93. The first-order chi connectivity index (χ1) is 10.7. The Morgan fingerprint density at radius 1 is 1.00 bits per heavy atom. The van der Waals surface area contributed by atoms with Gasteiger partial charge in [0.2, 0.25) is 0 Å². The summed E-state index contributed by atoms with van der Waals surface area (Å²) in [6.07, 6.45) is 13.2. The third-order valence-electron chi connectivity index (χ3n) is 3.93. The van der Waals surface area contributed by atoms with E-state index in [-0.39, 0.29) is 18.4 Å². The summed E-state index contributed by atoms with van der Waals surface area (Å²) in [7, 11) is 0. The van der Waals surface area contributed by atoms with E-state index in [1.165, 1.54) is 32.1 Å². The van der Waals surface area contributed by atoms with Crippen molar-refractivity contribution in [3.05, 3.63) is 12.2 Å². The van der Waals surface area contributed by atoms with Gasteiger partial charge in [-0.3, -0.25) is 9.59 Å². The van der Waals surface area contributed by atoms with Crippen LogP contribution in [0.15, 0.2) is 12.2 Å². The fourth-order valence-electron chi connectivity index (χ4n) is 2.58. The Labute approximate surface area is 134 Å². The number of esters is 2. The molecule has 0 bridgehead atoms. The predicted molar refractivity (Wildman–Crippen MR) is 86.4 cm³/mol. The highest BCUT2D eigenvalue weighted by molar-refractivity contribution is 5.72. The van der Waals surface area contributed by atoms with Gasteiger partial charge >= 0.3 is 11.9 Å². The largest absolute Gasteiger partial charge is 0.465 e. The lowest BCUT2D eigenvalue weighted by molar-refractivity contribution is -0.146. The van der Waals surface area contributed by atoms with Gasteiger partial charge in [0.1, 0.15) is 6.61 Å². The van der Waals surface area contributed by atoms with Gasteiger partial charge in [0.15, 0.2) is 0 Å². The molecule has 4 heteroatoms. The molecule has 0 atom stereocenters. The molecule has 126 valence electrons. The molecule has 0 aromatic carbocycles. The number of rotatable bonds is 10. The van der Waals surface area contributed by atoms with Gasteiger partial charge in [0.25, 0.3) is 0 Å². The maximum absolute atomic E-state index is 11.6. The summed E-state index contributed by atoms with van der Waals surface area (Å²) in [6, 6.07) is 0. The summed E-state index contributed by atoms with van der Waals surface area (Å²) in [4.78, 5) is 23.1. The Kier molecular flexibility index (Phi) is 10.4. The van der Waals surface area contributed by atoms with E-state index in [9.17, 15) is 9.59 Å². The van der Waals surface area contributed by atoms with E-state index in [0.717, 1.165) is 12.8 Å². The minimum absolute atomic E-state index is 0.193. The molecule has 0 unspecified atom stereocenters. The van der Waals surface area contributed by atoms with Crippen molar-refractivity contribution in [2.75, 3.05) is 13.2 Å². The van der Waals surface area contributed by atoms with Crippen LogP contribution in [0.25, 0.3) is 0 Å². The van der Waals surface area contributed by atoms with Gasteiger partial charge in [-0.25, -0.2) is 0 Å². The van der Waals surface area contributed by atoms with E-state index in [0.29, 0.717) is 32.0 Å². The van der Waals surface area contributed by atoms with Crippen molar-refractivity contribution in [3.63, 3.8) is 0 Å². The fraction of sp³-hybridized carbons (Fsp3) is 0.778. The molecule has 0 aromatic rings. The zero-order valence-electron chi connectivity index (χ0n) is 13.9. The van der Waals surface area contributed by atoms with Crippen LogP contribution in [-0.4, -0.2) is 25.2 Å². The Bertz CT molecular complexity index is 343. The summed E-state index contributed by atoms with van der Waals surface area (Å²) in [5.41, 5.74) is 0. The minimum Gasteiger partial charge on any atom is -0.465 e. The molecule has 1 rings (SSSR count). The highest BCUT2D eigenvalue weighted by atomic mass is 16.5. The number of allylic oxidation sites excluding steroid dienone is 1. The Morgan fingerprint density at radius 3 is 2.36 bits per heavy atom. The van der Waals surface area contributed by atoms with Crippen LogP contribution >= 0.6 is 0 Å². The molecule has 0 saturated heterocycles. The maximum atomic E-state index is 11.6. The molecule has 1 aliphatic carbocycles. The highest BCUT2D eigenvalue weighted by Crippen LogP contribution is 2.23. The molecular weight excluding hydrogens is 280 g/mol. The third kappa shape index (κ3) is 9.59. The van der Waals surface area contributed by atoms with E-state index >= 15 is 0 Å². The van der Waals surface area contributed by atoms with Gasteiger partial charge in [-0.1, -0.05) is 44.8 Å². The summed E-state index contributed by atoms with van der Waals surface area (Å²) >= 11 is 0. The van der Waals surface area contributed by atoms with Crippen LogP contribution < -0.4 is 0 Å². The second kappa shape index (κ2) is 12.2. The van der Waals surface area contributed by atoms with E-state index in [1.807, 2.05) is 12.2 Å². The number of carbonyl (C=O) groups excluding carboxylic acids is 2. The normalized spacial score (nSPS) is 15.9. The SMILES string of the molecule is CCC/C=C/COC(=O)CCCC(=O)OCC1CCCCC1. The average molecular weight is 310 g/mol. The van der Waals surface area contributed by atoms with Gasteiger partial charge in [-0.15, -0.1) is 0 Å². The second-order valence-electron chi connectivity index (χ2n) is 5.98. The molecular formula is C18H30O4. The zero-order chi connectivity index (χ0) is 16.0. The maximum Gasteiger partial charge on any atom is 0.306 e. The molecule has 4 nitrogen and oxygen atoms in total. The topological polar surface area (TPSA) is 52.6 Å². The molecule has 0 spiro atoms. The standard InChI is InChI=1S/C18H30O4/c1-2-3-4-8-14-21-17(19)12-9-13-18(20)22-15-16-10-6-5-7-11-16/h4,8,16H,2-3,5-7,9-15H2,1H3/b8-4+. The molecule has 1 saturated carbocycles. The number of hydrogen-bond acceptors (Lipinski definition) is 4. The first kappa shape index (κ1) is 18.7. The number of hydrogen-bond donors (Lipinski definition) is 0. The Balaban J connectivity index is 1.98. The lowest BCUT2D eigenvalue weighted by Crippen LogP contribution is -2.16. The molecule has 0 aliphatic heterocycles. The predicted octanol–water partition coefficient (Wildman–Crippen LogP) is 4.18. The van der Waals surface area contributed by atoms with Crippen LogP contribution in [0.4, 0.5) is 0 Å². The molecule has 22 heavy (non-hydrogen) atoms. The molecule has 0 amide bonds. The second-order valence-corrected chi connectivity index (χ2v) is 5.98. The first-order valence-corrected chi connectivity index (χ1v) is 8.68. The van der Waals surface area contributed by atoms with Crippen LogP contribution in [0.2, 0.25) is 0 Å². The number of unbranched alkanes of at least 4 members (excludes halogenated alkanes) is 1. The van der Waals surface area contributed by atoms with Crippen molar-refractivity contribution in [3.8, 4) is 0 Å². The van der Waals surface area contributed by atoms with Crippen LogP contribution in [0.5, 0.6) is 0 Å². The molecule has 0 N–H and O–H groups in total. The van der Waals surface area contributed by atoms with E-state index in [4.69, 9.17) is 9.47 Å². The van der Waals surface area contributed by atoms with Gasteiger partial charge < -0.3 is 9.47 Å². The summed E-state index contributed by atoms with van der Waals surface area (Å²) in [5, 5.41) is 0. The van der Waals surface area contributed by atoms with Crippen molar-refractivity contribution in [1.82, 2.24) is 0 Å². The smallest absolute Gasteiger partial charge is 0.306 e. The average Bonchev–Trinajstić information content (AvgIpc) is 2.54. The summed E-state index contributed by atoms with van der Waals surface area (Å²) < 4.78 is 10.3. The van der Waals surface area contributed by atoms with Gasteiger partial charge in [0.05, 0.1) is 6.61 Å². The number of carbonyl (C=O) groups is 2. The van der Waals surface area contributed by atoms with Crippen molar-refractivity contribution in [1.29, 1.82) is 0 Å². The van der Waals surface area contributed by atoms with E-state index in [1.54, 1.807) is 0 Å². The summed E-state index contributed by atoms with van der Waals surface area (Å²) in [6.45, 7) is 2.97.